The average Bonchev–Trinajstić information content (AvgIpc) is 3.15. The minimum Gasteiger partial charge on any atom is -0.461 e. The molecule has 0 bridgehead atoms. The summed E-state index contributed by atoms with van der Waals surface area (Å²) in [6.07, 6.45) is 8.33. The number of aliphatic hydroxyl groups is 1. The van der Waals surface area contributed by atoms with Crippen LogP contribution in [0.4, 0.5) is 5.69 Å². The zero-order valence-electron chi connectivity index (χ0n) is 20.6. The van der Waals surface area contributed by atoms with Crippen molar-refractivity contribution in [2.24, 2.45) is 17.8 Å². The van der Waals surface area contributed by atoms with Crippen LogP contribution < -0.4 is 4.90 Å². The molecule has 1 N–H and O–H groups in total. The van der Waals surface area contributed by atoms with Gasteiger partial charge in [-0.05, 0) is 24.5 Å². The van der Waals surface area contributed by atoms with Crippen molar-refractivity contribution in [1.82, 2.24) is 4.90 Å². The molecule has 4 aliphatic heterocycles. The lowest BCUT2D eigenvalue weighted by Gasteiger charge is -2.40. The average molecular weight is 531 g/mol. The first kappa shape index (κ1) is 25.4. The molecule has 0 radical (unpaired) electrons. The molecule has 4 heterocycles. The van der Waals surface area contributed by atoms with Gasteiger partial charge in [0.1, 0.15) is 12.6 Å². The summed E-state index contributed by atoms with van der Waals surface area (Å²) in [5.74, 6) is -2.46. The van der Waals surface area contributed by atoms with E-state index in [1.807, 2.05) is 57.2 Å². The number of para-hydroxylation sites is 1. The molecule has 2 saturated heterocycles. The number of fused-ring (bicyclic) bond motifs is 2. The van der Waals surface area contributed by atoms with Gasteiger partial charge in [0.25, 0.3) is 5.91 Å². The number of likely N-dealkylation sites (tertiary alicyclic amines) is 1. The van der Waals surface area contributed by atoms with Crippen molar-refractivity contribution in [1.29, 1.82) is 0 Å². The number of hydrogen-bond acceptors (Lipinski definition) is 6. The summed E-state index contributed by atoms with van der Waals surface area (Å²) in [4.78, 5) is 45.1. The van der Waals surface area contributed by atoms with E-state index in [1.54, 1.807) is 15.9 Å². The highest BCUT2D eigenvalue weighted by Crippen LogP contribution is 2.61. The number of halogens is 1. The van der Waals surface area contributed by atoms with Crippen LogP contribution in [0.3, 0.4) is 0 Å². The van der Waals surface area contributed by atoms with Crippen molar-refractivity contribution in [3.8, 4) is 0 Å². The molecule has 36 heavy (non-hydrogen) atoms. The SMILES string of the molecule is CC[C@H](C)[C@H](CO)N1C(=O)[C@@H]2[C@@H]3C(=O)OCC=C[C@@H]3S[C@@]23C=CCN(c2c(C)cccc2Cl)C(=O)C13. The molecule has 7 nitrogen and oxygen atoms in total. The summed E-state index contributed by atoms with van der Waals surface area (Å²) >= 11 is 8.08. The van der Waals surface area contributed by atoms with Gasteiger partial charge in [-0.25, -0.2) is 0 Å². The zero-order chi connectivity index (χ0) is 25.8. The van der Waals surface area contributed by atoms with Crippen LogP contribution in [-0.4, -0.2) is 69.6 Å². The molecule has 0 aromatic heterocycles. The summed E-state index contributed by atoms with van der Waals surface area (Å²) in [5, 5.41) is 10.6. The van der Waals surface area contributed by atoms with Gasteiger partial charge >= 0.3 is 5.97 Å². The van der Waals surface area contributed by atoms with Crippen LogP contribution in [0.25, 0.3) is 0 Å². The van der Waals surface area contributed by atoms with Crippen molar-refractivity contribution < 1.29 is 24.2 Å². The lowest BCUT2D eigenvalue weighted by molar-refractivity contribution is -0.152. The first-order valence-electron chi connectivity index (χ1n) is 12.4. The quantitative estimate of drug-likeness (QED) is 0.464. The van der Waals surface area contributed by atoms with Crippen LogP contribution in [0.5, 0.6) is 0 Å². The molecule has 1 aromatic carbocycles. The lowest BCUT2D eigenvalue weighted by atomic mass is 9.78. The number of esters is 1. The summed E-state index contributed by atoms with van der Waals surface area (Å²) in [5.41, 5.74) is 1.46. The molecular formula is C27H31ClN2O5S. The maximum atomic E-state index is 14.5. The maximum absolute atomic E-state index is 14.5. The molecule has 0 saturated carbocycles. The molecule has 7 atom stereocenters. The third-order valence-electron chi connectivity index (χ3n) is 8.16. The topological polar surface area (TPSA) is 87.2 Å². The Labute approximate surface area is 220 Å². The van der Waals surface area contributed by atoms with E-state index in [4.69, 9.17) is 16.3 Å². The summed E-state index contributed by atoms with van der Waals surface area (Å²) in [6.45, 7) is 6.06. The molecule has 4 aliphatic rings. The highest BCUT2D eigenvalue weighted by molar-refractivity contribution is 8.02. The Balaban J connectivity index is 1.69. The van der Waals surface area contributed by atoms with Crippen LogP contribution in [0.2, 0.25) is 5.02 Å². The van der Waals surface area contributed by atoms with Gasteiger partial charge in [0.2, 0.25) is 5.91 Å². The van der Waals surface area contributed by atoms with Crippen LogP contribution in [0.15, 0.2) is 42.5 Å². The van der Waals surface area contributed by atoms with E-state index < -0.39 is 34.6 Å². The highest BCUT2D eigenvalue weighted by Gasteiger charge is 2.72. The standard InChI is InChI=1S/C27H31ClN2O5S/c1-4-15(2)18(14-31)30-23-25(33)29(22-16(3)8-5-9-17(22)28)12-7-11-27(23)21(24(30)32)20-19(36-27)10-6-13-35-26(20)34/h5-11,15,18-21,23,31H,4,12-14H2,1-3H3/t15-,18-,19-,20+,21-,23?,27-/m0/s1. The molecule has 0 aliphatic carbocycles. The van der Waals surface area contributed by atoms with Crippen molar-refractivity contribution in [3.05, 3.63) is 53.1 Å². The van der Waals surface area contributed by atoms with Crippen LogP contribution in [0.1, 0.15) is 25.8 Å². The molecule has 2 amide bonds. The van der Waals surface area contributed by atoms with E-state index in [0.29, 0.717) is 17.3 Å². The van der Waals surface area contributed by atoms with E-state index in [1.165, 1.54) is 11.8 Å². The van der Waals surface area contributed by atoms with Gasteiger partial charge in [0.05, 0.1) is 39.9 Å². The van der Waals surface area contributed by atoms with Crippen molar-refractivity contribution in [2.75, 3.05) is 24.7 Å². The summed E-state index contributed by atoms with van der Waals surface area (Å²) in [6, 6.07) is 4.04. The molecular weight excluding hydrogens is 500 g/mol. The Morgan fingerprint density at radius 1 is 1.25 bits per heavy atom. The smallest absolute Gasteiger partial charge is 0.311 e. The number of amides is 2. The van der Waals surface area contributed by atoms with Gasteiger partial charge in [-0.3, -0.25) is 14.4 Å². The Morgan fingerprint density at radius 3 is 2.72 bits per heavy atom. The normalized spacial score (nSPS) is 33.0. The third-order valence-corrected chi connectivity index (χ3v) is 10.2. The number of anilines is 1. The monoisotopic (exact) mass is 530 g/mol. The first-order chi connectivity index (χ1) is 17.3. The van der Waals surface area contributed by atoms with Crippen molar-refractivity contribution in [2.45, 2.75) is 49.3 Å². The number of cyclic esters (lactones) is 1. The van der Waals surface area contributed by atoms with Gasteiger partial charge in [-0.1, -0.05) is 68.3 Å². The summed E-state index contributed by atoms with van der Waals surface area (Å²) < 4.78 is 4.46. The van der Waals surface area contributed by atoms with E-state index in [9.17, 15) is 19.5 Å². The van der Waals surface area contributed by atoms with E-state index in [2.05, 4.69) is 0 Å². The fourth-order valence-electron chi connectivity index (χ4n) is 6.25. The third kappa shape index (κ3) is 3.63. The van der Waals surface area contributed by atoms with Gasteiger partial charge < -0.3 is 19.6 Å². The number of carbonyl (C=O) groups excluding carboxylic acids is 3. The Bertz CT molecular complexity index is 1130. The number of aliphatic hydroxyl groups excluding tert-OH is 1. The number of aryl methyl sites for hydroxylation is 1. The number of rotatable bonds is 5. The Hall–Kier alpha value is -2.29. The largest absolute Gasteiger partial charge is 0.461 e. The second-order valence-corrected chi connectivity index (χ2v) is 11.9. The number of benzene rings is 1. The molecule has 9 heteroatoms. The van der Waals surface area contributed by atoms with Crippen molar-refractivity contribution >= 4 is 46.8 Å². The second-order valence-electron chi connectivity index (χ2n) is 10.0. The number of thioether (sulfide) groups is 1. The van der Waals surface area contributed by atoms with Crippen LogP contribution in [0, 0.1) is 24.7 Å². The minimum absolute atomic E-state index is 0.0489. The predicted octanol–water partition coefficient (Wildman–Crippen LogP) is 3.37. The Kier molecular flexibility index (Phi) is 6.72. The fraction of sp³-hybridized carbons (Fsp3) is 0.519. The van der Waals surface area contributed by atoms with E-state index in [-0.39, 0.29) is 36.2 Å². The van der Waals surface area contributed by atoms with Gasteiger partial charge in [-0.15, -0.1) is 11.8 Å². The summed E-state index contributed by atoms with van der Waals surface area (Å²) in [7, 11) is 0. The number of hydrogen-bond donors (Lipinski definition) is 1. The van der Waals surface area contributed by atoms with Crippen LogP contribution in [-0.2, 0) is 19.1 Å². The first-order valence-corrected chi connectivity index (χ1v) is 13.7. The molecule has 1 unspecified atom stereocenters. The van der Waals surface area contributed by atoms with E-state index >= 15 is 0 Å². The van der Waals surface area contributed by atoms with Crippen LogP contribution >= 0.6 is 23.4 Å². The molecule has 192 valence electrons. The molecule has 1 aromatic rings. The zero-order valence-corrected chi connectivity index (χ0v) is 22.2. The second kappa shape index (κ2) is 9.54. The molecule has 2 fully saturated rings. The minimum atomic E-state index is -0.963. The van der Waals surface area contributed by atoms with Gasteiger partial charge in [0, 0.05) is 11.8 Å². The maximum Gasteiger partial charge on any atom is 0.311 e. The molecule has 5 rings (SSSR count). The number of carbonyl (C=O) groups is 3. The number of nitrogens with zero attached hydrogens (tertiary/aromatic N) is 2. The lowest BCUT2D eigenvalue weighted by Crippen LogP contribution is -2.58. The van der Waals surface area contributed by atoms with Crippen molar-refractivity contribution in [3.63, 3.8) is 0 Å². The fourth-order valence-corrected chi connectivity index (χ4v) is 8.56. The molecule has 1 spiro atoms. The Morgan fingerprint density at radius 2 is 2.03 bits per heavy atom. The highest BCUT2D eigenvalue weighted by atomic mass is 35.5. The van der Waals surface area contributed by atoms with Gasteiger partial charge in [0.15, 0.2) is 0 Å². The van der Waals surface area contributed by atoms with Gasteiger partial charge in [-0.2, -0.15) is 0 Å². The van der Waals surface area contributed by atoms with E-state index in [0.717, 1.165) is 12.0 Å². The number of ether oxygens (including phenoxy) is 1. The predicted molar refractivity (Wildman–Crippen MR) is 140 cm³/mol.